The van der Waals surface area contributed by atoms with Gasteiger partial charge in [-0.05, 0) is 30.2 Å². The molecule has 0 saturated heterocycles. The van der Waals surface area contributed by atoms with Gasteiger partial charge in [0.2, 0.25) is 21.8 Å². The van der Waals surface area contributed by atoms with Gasteiger partial charge in [-0.15, -0.1) is 0 Å². The highest BCUT2D eigenvalue weighted by molar-refractivity contribution is 7.99. The van der Waals surface area contributed by atoms with Crippen LogP contribution in [0.3, 0.4) is 0 Å². The number of amides is 1. The second-order valence-electron chi connectivity index (χ2n) is 9.29. The predicted octanol–water partition coefficient (Wildman–Crippen LogP) is 6.01. The molecule has 5 aromatic rings. The number of nitrogens with two attached hydrogens (primary N) is 1. The zero-order chi connectivity index (χ0) is 29.0. The van der Waals surface area contributed by atoms with Crippen LogP contribution in [0.1, 0.15) is 25.3 Å². The first-order chi connectivity index (χ1) is 19.8. The first-order valence-corrected chi connectivity index (χ1v) is 15.5. The molecule has 0 aliphatic rings. The van der Waals surface area contributed by atoms with Crippen LogP contribution < -0.4 is 10.5 Å². The Morgan fingerprint density at radius 2 is 1.76 bits per heavy atom. The van der Waals surface area contributed by atoms with Gasteiger partial charge >= 0.3 is 0 Å². The number of hydrogen-bond acceptors (Lipinski definition) is 7. The second kappa shape index (κ2) is 12.0. The first-order valence-electron chi connectivity index (χ1n) is 12.9. The number of thioether (sulfide) groups is 1. The fourth-order valence-corrected chi connectivity index (χ4v) is 5.87. The van der Waals surface area contributed by atoms with Crippen molar-refractivity contribution in [2.75, 3.05) is 11.1 Å². The third-order valence-corrected chi connectivity index (χ3v) is 8.34. The topological polar surface area (TPSA) is 144 Å². The monoisotopic (exact) mass is 585 g/mol. The van der Waals surface area contributed by atoms with Gasteiger partial charge in [0.05, 0.1) is 21.7 Å². The van der Waals surface area contributed by atoms with E-state index >= 15 is 0 Å². The van der Waals surface area contributed by atoms with Crippen molar-refractivity contribution in [2.45, 2.75) is 36.4 Å². The van der Waals surface area contributed by atoms with Crippen LogP contribution in [0.2, 0.25) is 0 Å². The number of anilines is 1. The number of nitrogens with zero attached hydrogens (tertiary/aromatic N) is 3. The summed E-state index contributed by atoms with van der Waals surface area (Å²) in [7, 11) is -3.88. The normalized spacial score (nSPS) is 11.4. The van der Waals surface area contributed by atoms with Crippen LogP contribution in [0.25, 0.3) is 33.5 Å². The summed E-state index contributed by atoms with van der Waals surface area (Å²) >= 11 is 1.22. The van der Waals surface area contributed by atoms with Crippen molar-refractivity contribution in [3.05, 3.63) is 84.4 Å². The molecule has 0 fully saturated rings. The molecule has 9 nitrogen and oxygen atoms in total. The van der Waals surface area contributed by atoms with Gasteiger partial charge in [0.25, 0.3) is 0 Å². The van der Waals surface area contributed by atoms with Crippen molar-refractivity contribution in [3.63, 3.8) is 0 Å². The van der Waals surface area contributed by atoms with Gasteiger partial charge in [-0.3, -0.25) is 10.1 Å². The van der Waals surface area contributed by atoms with E-state index < -0.39 is 10.0 Å². The minimum Gasteiger partial charge on any atom is -0.438 e. The molecule has 11 heteroatoms. The van der Waals surface area contributed by atoms with Crippen molar-refractivity contribution in [3.8, 4) is 28.5 Å². The number of aromatic nitrogens is 2. The van der Waals surface area contributed by atoms with Gasteiger partial charge in [0, 0.05) is 17.7 Å². The molecule has 0 aliphatic carbocycles. The van der Waals surface area contributed by atoms with Crippen LogP contribution in [0.4, 0.5) is 5.88 Å². The average Bonchev–Trinajstić information content (AvgIpc) is 3.52. The maximum atomic E-state index is 13.1. The summed E-state index contributed by atoms with van der Waals surface area (Å²) in [5, 5.41) is 18.7. The SMILES string of the molecule is CCCCn1c(SCC(=O)Nc2oc(-c3ccccc3)c(-c3ccccc3)c2C#N)nc2cc(S(N)(=O)=O)ccc21. The number of carbonyl (C=O) groups excluding carboxylic acids is 1. The lowest BCUT2D eigenvalue weighted by molar-refractivity contribution is -0.113. The van der Waals surface area contributed by atoms with E-state index in [9.17, 15) is 18.5 Å². The maximum absolute atomic E-state index is 13.1. The smallest absolute Gasteiger partial charge is 0.238 e. The van der Waals surface area contributed by atoms with E-state index in [4.69, 9.17) is 9.56 Å². The maximum Gasteiger partial charge on any atom is 0.238 e. The average molecular weight is 586 g/mol. The number of carbonyl (C=O) groups is 1. The van der Waals surface area contributed by atoms with Crippen molar-refractivity contribution in [1.82, 2.24) is 9.55 Å². The van der Waals surface area contributed by atoms with Gasteiger partial charge in [-0.25, -0.2) is 18.5 Å². The Balaban J connectivity index is 1.43. The number of sulfonamides is 1. The number of nitriles is 1. The molecular weight excluding hydrogens is 558 g/mol. The molecule has 0 bridgehead atoms. The highest BCUT2D eigenvalue weighted by Crippen LogP contribution is 2.41. The van der Waals surface area contributed by atoms with Gasteiger partial charge < -0.3 is 8.98 Å². The van der Waals surface area contributed by atoms with Gasteiger partial charge in [-0.1, -0.05) is 85.8 Å². The zero-order valence-electron chi connectivity index (χ0n) is 22.2. The summed E-state index contributed by atoms with van der Waals surface area (Å²) in [5.41, 5.74) is 3.65. The van der Waals surface area contributed by atoms with E-state index in [2.05, 4.69) is 23.3 Å². The summed E-state index contributed by atoms with van der Waals surface area (Å²) < 4.78 is 31.8. The first kappa shape index (κ1) is 28.2. The number of nitrogens with one attached hydrogen (secondary N) is 1. The molecule has 0 saturated carbocycles. The van der Waals surface area contributed by atoms with Crippen LogP contribution in [0.5, 0.6) is 0 Å². The van der Waals surface area contributed by atoms with Crippen molar-refractivity contribution >= 4 is 44.6 Å². The van der Waals surface area contributed by atoms with Crippen molar-refractivity contribution in [1.29, 1.82) is 5.26 Å². The molecular formula is C30H27N5O4S2. The molecule has 41 heavy (non-hydrogen) atoms. The number of rotatable bonds is 10. The summed E-state index contributed by atoms with van der Waals surface area (Å²) in [5.74, 6) is 0.180. The molecule has 0 unspecified atom stereocenters. The Hall–Kier alpha value is -4.37. The van der Waals surface area contributed by atoms with Gasteiger partial charge in [0.1, 0.15) is 17.4 Å². The van der Waals surface area contributed by atoms with Crippen LogP contribution in [0, 0.1) is 11.3 Å². The molecule has 0 aliphatic heterocycles. The Labute approximate surface area is 242 Å². The number of furan rings is 1. The number of benzene rings is 3. The standard InChI is InChI=1S/C30H27N5O4S2/c1-2-3-16-35-25-15-14-22(41(32,37)38)17-24(25)33-30(35)40-19-26(36)34-29-23(18-31)27(20-10-6-4-7-11-20)28(39-29)21-12-8-5-9-13-21/h4-15,17H,2-3,16,19H2,1H3,(H,34,36)(H2,32,37,38). The van der Waals surface area contributed by atoms with Crippen molar-refractivity contribution in [2.24, 2.45) is 5.14 Å². The highest BCUT2D eigenvalue weighted by Gasteiger charge is 2.24. The lowest BCUT2D eigenvalue weighted by atomic mass is 9.98. The van der Waals surface area contributed by atoms with E-state index in [1.807, 2.05) is 65.2 Å². The minimum absolute atomic E-state index is 0.00952. The van der Waals surface area contributed by atoms with Crippen LogP contribution in [-0.4, -0.2) is 29.6 Å². The van der Waals surface area contributed by atoms with E-state index in [-0.39, 0.29) is 28.0 Å². The third-order valence-electron chi connectivity index (χ3n) is 6.45. The molecule has 208 valence electrons. The number of primary sulfonamides is 1. The van der Waals surface area contributed by atoms with E-state index in [0.717, 1.165) is 29.5 Å². The quantitative estimate of drug-likeness (QED) is 0.191. The van der Waals surface area contributed by atoms with Crippen LogP contribution in [0.15, 0.2) is 93.3 Å². The van der Waals surface area contributed by atoms with Crippen LogP contribution >= 0.6 is 11.8 Å². The van der Waals surface area contributed by atoms with Gasteiger partial charge in [-0.2, -0.15) is 5.26 Å². The molecule has 2 heterocycles. The molecule has 0 spiro atoms. The highest BCUT2D eigenvalue weighted by atomic mass is 32.2. The fourth-order valence-electron chi connectivity index (χ4n) is 4.50. The Kier molecular flexibility index (Phi) is 8.26. The molecule has 2 aromatic heterocycles. The van der Waals surface area contributed by atoms with E-state index in [1.165, 1.54) is 23.9 Å². The molecule has 5 rings (SSSR count). The molecule has 3 N–H and O–H groups in total. The number of imidazole rings is 1. The summed E-state index contributed by atoms with van der Waals surface area (Å²) in [6, 6.07) is 25.6. The second-order valence-corrected chi connectivity index (χ2v) is 11.8. The number of aryl methyl sites for hydroxylation is 1. The van der Waals surface area contributed by atoms with Crippen LogP contribution in [-0.2, 0) is 21.4 Å². The molecule has 0 radical (unpaired) electrons. The number of fused-ring (bicyclic) bond motifs is 1. The third kappa shape index (κ3) is 6.05. The fraction of sp³-hybridized carbons (Fsp3) is 0.167. The molecule has 0 atom stereocenters. The Morgan fingerprint density at radius 1 is 1.07 bits per heavy atom. The van der Waals surface area contributed by atoms with E-state index in [1.54, 1.807) is 6.07 Å². The molecule has 1 amide bonds. The number of unbranched alkanes of at least 4 members (excludes halogenated alkanes) is 1. The summed E-state index contributed by atoms with van der Waals surface area (Å²) in [6.45, 7) is 2.73. The summed E-state index contributed by atoms with van der Waals surface area (Å²) in [6.07, 6.45) is 1.83. The Bertz CT molecular complexity index is 1860. The van der Waals surface area contributed by atoms with E-state index in [0.29, 0.717) is 28.5 Å². The molecule has 3 aromatic carbocycles. The van der Waals surface area contributed by atoms with Crippen molar-refractivity contribution < 1.29 is 17.6 Å². The minimum atomic E-state index is -3.88. The Morgan fingerprint density at radius 3 is 2.39 bits per heavy atom. The summed E-state index contributed by atoms with van der Waals surface area (Å²) in [4.78, 5) is 17.7. The zero-order valence-corrected chi connectivity index (χ0v) is 23.8. The lowest BCUT2D eigenvalue weighted by Crippen LogP contribution is -2.15. The van der Waals surface area contributed by atoms with Gasteiger partial charge in [0.15, 0.2) is 5.16 Å². The lowest BCUT2D eigenvalue weighted by Gasteiger charge is -2.08. The number of hydrogen-bond donors (Lipinski definition) is 2. The predicted molar refractivity (Wildman–Crippen MR) is 160 cm³/mol. The largest absolute Gasteiger partial charge is 0.438 e.